The molecule has 10 heteroatoms. The van der Waals surface area contributed by atoms with Crippen LogP contribution in [-0.2, 0) is 27.9 Å². The Hall–Kier alpha value is -3.07. The summed E-state index contributed by atoms with van der Waals surface area (Å²) in [5.41, 5.74) is 0. The number of ether oxygens (including phenoxy) is 1. The monoisotopic (exact) mass is 1120 g/mol. The summed E-state index contributed by atoms with van der Waals surface area (Å²) >= 11 is 0. The van der Waals surface area contributed by atoms with Crippen LogP contribution in [0.5, 0.6) is 0 Å². The molecule has 0 bridgehead atoms. The number of carbonyl (C=O) groups excluding carboxylic acids is 2. The lowest BCUT2D eigenvalue weighted by Gasteiger charge is -2.27. The number of allylic oxidation sites excluding steroid dienone is 15. The van der Waals surface area contributed by atoms with Gasteiger partial charge in [0.15, 0.2) is 0 Å². The lowest BCUT2D eigenvalue weighted by molar-refractivity contribution is -0.870. The Balaban J connectivity index is 5.10. The molecule has 0 rings (SSSR count). The molecule has 0 aromatic rings. The average Bonchev–Trinajstić information content (AvgIpc) is 3.41. The molecule has 0 fully saturated rings. The van der Waals surface area contributed by atoms with E-state index in [0.717, 1.165) is 122 Å². The molecule has 0 spiro atoms. The topological polar surface area (TPSA) is 111 Å². The first kappa shape index (κ1) is 75.9. The molecule has 0 aromatic carbocycles. The van der Waals surface area contributed by atoms with Crippen LogP contribution in [0.4, 0.5) is 0 Å². The van der Waals surface area contributed by atoms with Crippen molar-refractivity contribution in [3.8, 4) is 0 Å². The van der Waals surface area contributed by atoms with Crippen LogP contribution in [0.3, 0.4) is 0 Å². The molecule has 3 atom stereocenters. The van der Waals surface area contributed by atoms with E-state index in [1.165, 1.54) is 122 Å². The highest BCUT2D eigenvalue weighted by Gasteiger charge is 2.30. The molecule has 79 heavy (non-hydrogen) atoms. The van der Waals surface area contributed by atoms with Crippen molar-refractivity contribution in [2.45, 2.75) is 290 Å². The van der Waals surface area contributed by atoms with Crippen LogP contribution in [-0.4, -0.2) is 74.3 Å². The van der Waals surface area contributed by atoms with E-state index in [0.29, 0.717) is 17.4 Å². The Morgan fingerprint density at radius 2 is 0.810 bits per heavy atom. The quantitative estimate of drug-likeness (QED) is 0.0205. The fourth-order valence-corrected chi connectivity index (χ4v) is 9.73. The zero-order chi connectivity index (χ0) is 57.9. The molecule has 3 unspecified atom stereocenters. The Labute approximate surface area is 488 Å². The summed E-state index contributed by atoms with van der Waals surface area (Å²) in [5, 5.41) is 3.05. The fourth-order valence-electron chi connectivity index (χ4n) is 9.00. The summed E-state index contributed by atoms with van der Waals surface area (Å²) in [6.45, 7) is 6.87. The van der Waals surface area contributed by atoms with Gasteiger partial charge in [-0.15, -0.1) is 0 Å². The number of unbranched alkanes of at least 4 members (excludes halogenated alkanes) is 28. The number of amides is 1. The summed E-state index contributed by atoms with van der Waals surface area (Å²) < 4.78 is 30.7. The number of phosphoric ester groups is 1. The van der Waals surface area contributed by atoms with Gasteiger partial charge in [0.25, 0.3) is 0 Å². The Morgan fingerprint density at radius 1 is 0.456 bits per heavy atom. The van der Waals surface area contributed by atoms with E-state index in [9.17, 15) is 19.0 Å². The largest absolute Gasteiger partial charge is 0.472 e. The Morgan fingerprint density at radius 3 is 1.24 bits per heavy atom. The molecular formula is C69H124N2O7P+. The summed E-state index contributed by atoms with van der Waals surface area (Å²) in [5.74, 6) is -0.521. The van der Waals surface area contributed by atoms with E-state index < -0.39 is 20.0 Å². The maximum Gasteiger partial charge on any atom is 0.472 e. The summed E-state index contributed by atoms with van der Waals surface area (Å²) in [7, 11) is 1.48. The van der Waals surface area contributed by atoms with Crippen LogP contribution in [0, 0.1) is 0 Å². The van der Waals surface area contributed by atoms with Gasteiger partial charge in [-0.2, -0.15) is 0 Å². The van der Waals surface area contributed by atoms with Crippen molar-refractivity contribution in [1.29, 1.82) is 0 Å². The van der Waals surface area contributed by atoms with Crippen LogP contribution >= 0.6 is 7.82 Å². The van der Waals surface area contributed by atoms with Gasteiger partial charge in [-0.1, -0.05) is 253 Å². The number of nitrogens with one attached hydrogen (secondary N) is 1. The molecule has 9 nitrogen and oxygen atoms in total. The second-order valence-electron chi connectivity index (χ2n) is 22.9. The molecule has 0 radical (unpaired) electrons. The smallest absolute Gasteiger partial charge is 0.456 e. The molecule has 0 heterocycles. The first-order valence-corrected chi connectivity index (χ1v) is 34.1. The van der Waals surface area contributed by atoms with Gasteiger partial charge in [0.05, 0.1) is 33.8 Å². The predicted octanol–water partition coefficient (Wildman–Crippen LogP) is 20.3. The van der Waals surface area contributed by atoms with Crippen molar-refractivity contribution in [1.82, 2.24) is 5.32 Å². The van der Waals surface area contributed by atoms with Crippen molar-refractivity contribution in [2.75, 3.05) is 40.9 Å². The van der Waals surface area contributed by atoms with Gasteiger partial charge in [-0.25, -0.2) is 4.57 Å². The molecule has 0 saturated heterocycles. The number of esters is 1. The van der Waals surface area contributed by atoms with E-state index in [2.05, 4.69) is 111 Å². The molecular weight excluding hydrogens is 1000 g/mol. The molecule has 0 saturated carbocycles. The minimum atomic E-state index is -4.45. The molecule has 1 amide bonds. The number of hydrogen-bond donors (Lipinski definition) is 2. The van der Waals surface area contributed by atoms with Crippen LogP contribution in [0.25, 0.3) is 0 Å². The lowest BCUT2D eigenvalue weighted by atomic mass is 10.0. The number of hydrogen-bond acceptors (Lipinski definition) is 6. The number of phosphoric acid groups is 1. The SMILES string of the molecule is CC/C=C\C/C=C\C/C=C\C/C=C\C/C=C\C/C=C\CCCCCCCCCCC(=O)OC(/C=C\CCCCCCCCCCC)C(COP(=O)(O)OCC[N+](C)(C)C)NC(=O)CCCCCCCCC/C=C\CCCCCC. The van der Waals surface area contributed by atoms with E-state index in [-0.39, 0.29) is 31.5 Å². The van der Waals surface area contributed by atoms with Crippen LogP contribution in [0.1, 0.15) is 278 Å². The highest BCUT2D eigenvalue weighted by Crippen LogP contribution is 2.43. The first-order valence-electron chi connectivity index (χ1n) is 32.6. The normalized spacial score (nSPS) is 14.3. The highest BCUT2D eigenvalue weighted by molar-refractivity contribution is 7.47. The van der Waals surface area contributed by atoms with Crippen LogP contribution in [0.15, 0.2) is 97.2 Å². The summed E-state index contributed by atoms with van der Waals surface area (Å²) in [6.07, 6.45) is 78.4. The molecule has 456 valence electrons. The van der Waals surface area contributed by atoms with Crippen molar-refractivity contribution < 1.29 is 37.3 Å². The molecule has 0 aliphatic rings. The van der Waals surface area contributed by atoms with Crippen molar-refractivity contribution in [3.63, 3.8) is 0 Å². The summed E-state index contributed by atoms with van der Waals surface area (Å²) in [4.78, 5) is 37.7. The zero-order valence-corrected chi connectivity index (χ0v) is 53.0. The molecule has 0 aromatic heterocycles. The average molecular weight is 1120 g/mol. The van der Waals surface area contributed by atoms with Gasteiger partial charge in [0.2, 0.25) is 5.91 Å². The lowest BCUT2D eigenvalue weighted by Crippen LogP contribution is -2.47. The maximum absolute atomic E-state index is 13.5. The van der Waals surface area contributed by atoms with E-state index in [1.54, 1.807) is 0 Å². The number of quaternary nitrogens is 1. The zero-order valence-electron chi connectivity index (χ0n) is 52.1. The molecule has 0 aliphatic carbocycles. The first-order chi connectivity index (χ1) is 38.4. The second-order valence-corrected chi connectivity index (χ2v) is 24.4. The second kappa shape index (κ2) is 58.1. The Bertz CT molecular complexity index is 1670. The van der Waals surface area contributed by atoms with Gasteiger partial charge in [0, 0.05) is 12.8 Å². The van der Waals surface area contributed by atoms with Gasteiger partial charge < -0.3 is 19.4 Å². The van der Waals surface area contributed by atoms with E-state index in [4.69, 9.17) is 13.8 Å². The number of nitrogens with zero attached hydrogens (tertiary/aromatic N) is 1. The fraction of sp³-hybridized carbons (Fsp3) is 0.739. The summed E-state index contributed by atoms with van der Waals surface area (Å²) in [6, 6.07) is -0.858. The number of carbonyl (C=O) groups is 2. The van der Waals surface area contributed by atoms with Crippen molar-refractivity contribution in [3.05, 3.63) is 97.2 Å². The third kappa shape index (κ3) is 59.4. The highest BCUT2D eigenvalue weighted by atomic mass is 31.2. The van der Waals surface area contributed by atoms with E-state index >= 15 is 0 Å². The van der Waals surface area contributed by atoms with Gasteiger partial charge >= 0.3 is 13.8 Å². The van der Waals surface area contributed by atoms with Gasteiger partial charge in [-0.3, -0.25) is 18.6 Å². The Kier molecular flexibility index (Phi) is 55.9. The molecule has 0 aliphatic heterocycles. The number of likely N-dealkylation sites (N-methyl/N-ethyl adjacent to an activating group) is 1. The third-order valence-corrected chi connectivity index (χ3v) is 15.0. The maximum atomic E-state index is 13.5. The predicted molar refractivity (Wildman–Crippen MR) is 341 cm³/mol. The van der Waals surface area contributed by atoms with Gasteiger partial charge in [-0.05, 0) is 109 Å². The minimum Gasteiger partial charge on any atom is -0.456 e. The van der Waals surface area contributed by atoms with Crippen LogP contribution in [0.2, 0.25) is 0 Å². The number of rotatable bonds is 58. The third-order valence-electron chi connectivity index (χ3n) is 14.0. The van der Waals surface area contributed by atoms with Crippen LogP contribution < -0.4 is 5.32 Å². The minimum absolute atomic E-state index is 0.0344. The van der Waals surface area contributed by atoms with Crippen molar-refractivity contribution >= 4 is 19.7 Å². The molecule has 2 N–H and O–H groups in total. The standard InChI is InChI=1S/C69H123N2O7P/c1-7-10-13-16-19-22-25-27-29-30-31-32-33-34-35-36-37-38-39-40-42-44-47-50-53-56-59-62-69(73)78-67(60-57-54-51-48-45-24-21-18-15-12-9-3)66(65-77-79(74,75)76-64-63-71(4,5)6)70-68(72)61-58-55-52-49-46-43-41-28-26-23-20-17-14-11-8-2/h10,13,19,22-23,26-27,29,31-32,34-35,37-38,57,60,66-67H,7-9,11-12,14-18,20-21,24-25,28,30,33,36,39-56,58-59,61-65H2,1-6H3,(H-,70,72,74,75)/p+1/b13-10-,22-19-,26-23-,29-27-,32-31-,35-34-,38-37-,60-57-. The van der Waals surface area contributed by atoms with Crippen molar-refractivity contribution in [2.24, 2.45) is 0 Å². The van der Waals surface area contributed by atoms with E-state index in [1.807, 2.05) is 33.3 Å². The van der Waals surface area contributed by atoms with Gasteiger partial charge in [0.1, 0.15) is 19.3 Å².